The predicted molar refractivity (Wildman–Crippen MR) is 227 cm³/mol. The quantitative estimate of drug-likeness (QED) is 0.174. The van der Waals surface area contributed by atoms with E-state index in [2.05, 4.69) is 220 Å². The molecule has 0 saturated heterocycles. The summed E-state index contributed by atoms with van der Waals surface area (Å²) in [7, 11) is 0. The Morgan fingerprint density at radius 1 is 0.370 bits per heavy atom. The van der Waals surface area contributed by atoms with Gasteiger partial charge in [-0.05, 0) is 90.9 Å². The highest BCUT2D eigenvalue weighted by Crippen LogP contribution is 2.65. The molecular formula is C53H41N. The van der Waals surface area contributed by atoms with Crippen LogP contribution in [0.1, 0.15) is 48.6 Å². The van der Waals surface area contributed by atoms with Crippen molar-refractivity contribution >= 4 is 17.1 Å². The molecule has 258 valence electrons. The molecule has 0 fully saturated rings. The van der Waals surface area contributed by atoms with E-state index in [1.807, 2.05) is 0 Å². The normalized spacial score (nSPS) is 13.2. The number of para-hydroxylation sites is 1. The third-order valence-electron chi connectivity index (χ3n) is 11.7. The number of benzene rings is 8. The van der Waals surface area contributed by atoms with Crippen LogP contribution in [0.25, 0.3) is 44.5 Å². The van der Waals surface area contributed by atoms with Gasteiger partial charge in [-0.25, -0.2) is 0 Å². The topological polar surface area (TPSA) is 3.24 Å². The summed E-state index contributed by atoms with van der Waals surface area (Å²) in [5.74, 6) is 0. The molecule has 0 aliphatic heterocycles. The van der Waals surface area contributed by atoms with Gasteiger partial charge in [-0.2, -0.15) is 0 Å². The molecule has 0 saturated carbocycles. The molecule has 0 amide bonds. The monoisotopic (exact) mass is 691 g/mol. The van der Waals surface area contributed by atoms with Crippen LogP contribution in [0.2, 0.25) is 0 Å². The molecule has 1 nitrogen and oxygen atoms in total. The number of nitrogens with zero attached hydrogens (tertiary/aromatic N) is 1. The molecule has 0 aromatic heterocycles. The van der Waals surface area contributed by atoms with Crippen molar-refractivity contribution in [2.45, 2.75) is 31.6 Å². The zero-order valence-electron chi connectivity index (χ0n) is 30.9. The molecule has 0 unspecified atom stereocenters. The van der Waals surface area contributed by atoms with E-state index in [0.717, 1.165) is 11.4 Å². The second-order valence-corrected chi connectivity index (χ2v) is 15.7. The van der Waals surface area contributed by atoms with Crippen LogP contribution in [-0.4, -0.2) is 0 Å². The van der Waals surface area contributed by atoms with E-state index >= 15 is 0 Å². The van der Waals surface area contributed by atoms with Crippen molar-refractivity contribution in [1.29, 1.82) is 0 Å². The first-order valence-electron chi connectivity index (χ1n) is 19.0. The summed E-state index contributed by atoms with van der Waals surface area (Å²) in [6.45, 7) is 6.98. The number of fused-ring (bicyclic) bond motifs is 10. The van der Waals surface area contributed by atoms with Crippen LogP contribution in [0.15, 0.2) is 194 Å². The van der Waals surface area contributed by atoms with Gasteiger partial charge in [-0.1, -0.05) is 191 Å². The lowest BCUT2D eigenvalue weighted by atomic mass is 9.69. The van der Waals surface area contributed by atoms with Gasteiger partial charge >= 0.3 is 0 Å². The summed E-state index contributed by atoms with van der Waals surface area (Å²) < 4.78 is 0. The van der Waals surface area contributed by atoms with Crippen LogP contribution in [0, 0.1) is 0 Å². The molecule has 10 rings (SSSR count). The molecule has 0 heterocycles. The Morgan fingerprint density at radius 2 is 0.889 bits per heavy atom. The van der Waals surface area contributed by atoms with Gasteiger partial charge in [0.15, 0.2) is 0 Å². The summed E-state index contributed by atoms with van der Waals surface area (Å²) in [4.78, 5) is 2.50. The SMILES string of the molecule is CC(C)(C)c1ccc2c(c1)C1(c3ccccc3-c3ccccc31)c1cccc(N(c3ccc(-c4ccccc4)cc3)c3ccccc3-c3ccccc3)c1-2. The lowest BCUT2D eigenvalue weighted by molar-refractivity contribution is 0.588. The Kier molecular flexibility index (Phi) is 7.35. The van der Waals surface area contributed by atoms with E-state index in [1.54, 1.807) is 0 Å². The zero-order valence-corrected chi connectivity index (χ0v) is 30.9. The highest BCUT2D eigenvalue weighted by molar-refractivity contribution is 6.02. The summed E-state index contributed by atoms with van der Waals surface area (Å²) in [5, 5.41) is 0. The highest BCUT2D eigenvalue weighted by atomic mass is 15.1. The average molecular weight is 692 g/mol. The number of rotatable bonds is 5. The average Bonchev–Trinajstić information content (AvgIpc) is 3.69. The first-order chi connectivity index (χ1) is 26.4. The van der Waals surface area contributed by atoms with Crippen LogP contribution in [0.3, 0.4) is 0 Å². The van der Waals surface area contributed by atoms with Crippen LogP contribution < -0.4 is 4.90 Å². The van der Waals surface area contributed by atoms with Gasteiger partial charge in [0.2, 0.25) is 0 Å². The smallest absolute Gasteiger partial charge is 0.0726 e. The van der Waals surface area contributed by atoms with E-state index in [9.17, 15) is 0 Å². The fraction of sp³-hybridized carbons (Fsp3) is 0.0943. The van der Waals surface area contributed by atoms with Gasteiger partial charge in [-0.3, -0.25) is 0 Å². The minimum absolute atomic E-state index is 0.00732. The minimum atomic E-state index is -0.448. The van der Waals surface area contributed by atoms with Crippen LogP contribution in [-0.2, 0) is 10.8 Å². The predicted octanol–water partition coefficient (Wildman–Crippen LogP) is 14.1. The number of anilines is 3. The Bertz CT molecular complexity index is 2630. The maximum absolute atomic E-state index is 2.52. The van der Waals surface area contributed by atoms with Gasteiger partial charge in [-0.15, -0.1) is 0 Å². The second-order valence-electron chi connectivity index (χ2n) is 15.7. The van der Waals surface area contributed by atoms with E-state index in [4.69, 9.17) is 0 Å². The summed E-state index contributed by atoms with van der Waals surface area (Å²) in [6.07, 6.45) is 0. The molecule has 8 aromatic rings. The van der Waals surface area contributed by atoms with Gasteiger partial charge in [0.1, 0.15) is 0 Å². The van der Waals surface area contributed by atoms with Crippen molar-refractivity contribution in [3.63, 3.8) is 0 Å². The maximum atomic E-state index is 2.52. The molecule has 8 aromatic carbocycles. The Morgan fingerprint density at radius 3 is 1.54 bits per heavy atom. The Balaban J connectivity index is 1.29. The minimum Gasteiger partial charge on any atom is -0.309 e. The highest BCUT2D eigenvalue weighted by Gasteiger charge is 2.52. The van der Waals surface area contributed by atoms with Crippen molar-refractivity contribution in [2.75, 3.05) is 4.90 Å². The largest absolute Gasteiger partial charge is 0.309 e. The summed E-state index contributed by atoms with van der Waals surface area (Å²) >= 11 is 0. The molecule has 1 spiro atoms. The van der Waals surface area contributed by atoms with Crippen molar-refractivity contribution in [3.8, 4) is 44.5 Å². The first-order valence-corrected chi connectivity index (χ1v) is 19.0. The zero-order chi connectivity index (χ0) is 36.4. The second kappa shape index (κ2) is 12.3. The molecule has 2 aliphatic rings. The fourth-order valence-electron chi connectivity index (χ4n) is 9.19. The van der Waals surface area contributed by atoms with E-state index in [0.29, 0.717) is 0 Å². The Hall–Kier alpha value is -6.44. The first kappa shape index (κ1) is 32.2. The molecule has 0 bridgehead atoms. The number of hydrogen-bond donors (Lipinski definition) is 0. The third kappa shape index (κ3) is 4.78. The summed E-state index contributed by atoms with van der Waals surface area (Å²) in [5.41, 5.74) is 19.8. The molecule has 0 atom stereocenters. The Labute approximate surface area is 318 Å². The summed E-state index contributed by atoms with van der Waals surface area (Å²) in [6, 6.07) is 71.9. The lowest BCUT2D eigenvalue weighted by Gasteiger charge is -2.33. The molecule has 2 aliphatic carbocycles. The van der Waals surface area contributed by atoms with Gasteiger partial charge in [0, 0.05) is 16.8 Å². The van der Waals surface area contributed by atoms with Gasteiger partial charge in [0.25, 0.3) is 0 Å². The maximum Gasteiger partial charge on any atom is 0.0726 e. The van der Waals surface area contributed by atoms with Crippen molar-refractivity contribution in [3.05, 3.63) is 222 Å². The van der Waals surface area contributed by atoms with Crippen LogP contribution in [0.4, 0.5) is 17.1 Å². The third-order valence-corrected chi connectivity index (χ3v) is 11.7. The lowest BCUT2D eigenvalue weighted by Crippen LogP contribution is -2.26. The molecule has 1 heteroatoms. The fourth-order valence-corrected chi connectivity index (χ4v) is 9.19. The van der Waals surface area contributed by atoms with Crippen molar-refractivity contribution in [1.82, 2.24) is 0 Å². The van der Waals surface area contributed by atoms with Crippen LogP contribution >= 0.6 is 0 Å². The van der Waals surface area contributed by atoms with E-state index < -0.39 is 5.41 Å². The van der Waals surface area contributed by atoms with Gasteiger partial charge < -0.3 is 4.90 Å². The molecule has 54 heavy (non-hydrogen) atoms. The molecule has 0 radical (unpaired) electrons. The van der Waals surface area contributed by atoms with Crippen molar-refractivity contribution in [2.24, 2.45) is 0 Å². The number of hydrogen-bond acceptors (Lipinski definition) is 1. The van der Waals surface area contributed by atoms with E-state index in [1.165, 1.54) is 78.0 Å². The van der Waals surface area contributed by atoms with Gasteiger partial charge in [0.05, 0.1) is 16.8 Å². The van der Waals surface area contributed by atoms with E-state index in [-0.39, 0.29) is 5.41 Å². The standard InChI is InChI=1S/C53H41N/c1-52(2,3)39-31-34-44-48(35-39)53(45-24-13-10-22-42(45)43-23-11-14-25-46(43)53)47-26-16-28-50(51(44)47)54(40-32-29-37(30-33-40)36-17-6-4-7-18-36)49-27-15-12-21-41(49)38-19-8-5-9-20-38/h4-35H,1-3H3. The van der Waals surface area contributed by atoms with Crippen LogP contribution in [0.5, 0.6) is 0 Å². The van der Waals surface area contributed by atoms with Crippen molar-refractivity contribution < 1.29 is 0 Å². The molecule has 0 N–H and O–H groups in total. The molecular weight excluding hydrogens is 651 g/mol.